The average Bonchev–Trinajstić information content (AvgIpc) is 1.75. The van der Waals surface area contributed by atoms with Crippen LogP contribution in [0.2, 0.25) is 0 Å². The molecule has 1 nitrogen and oxygen atoms in total. The largest absolute Gasteiger partial charge is 0.324 e. The van der Waals surface area contributed by atoms with Gasteiger partial charge in [0.2, 0.25) is 0 Å². The standard InChI is InChI=1S/C2H6NP/c3-2-1-4-2/h2,4H,1,3H2/t2-/m1/s1. The fourth-order valence-corrected chi connectivity index (χ4v) is 0.204. The molecule has 0 saturated carbocycles. The van der Waals surface area contributed by atoms with Crippen LogP contribution in [0.1, 0.15) is 0 Å². The smallest absolute Gasteiger partial charge is 0.0252 e. The first-order chi connectivity index (χ1) is 1.89. The zero-order valence-corrected chi connectivity index (χ0v) is 3.36. The van der Waals surface area contributed by atoms with Crippen LogP contribution in [0.4, 0.5) is 0 Å². The molecule has 1 rings (SSSR count). The van der Waals surface area contributed by atoms with Gasteiger partial charge < -0.3 is 5.73 Å². The summed E-state index contributed by atoms with van der Waals surface area (Å²) in [5.41, 5.74) is 5.23. The summed E-state index contributed by atoms with van der Waals surface area (Å²) >= 11 is 0. The van der Waals surface area contributed by atoms with Crippen molar-refractivity contribution in [2.24, 2.45) is 5.73 Å². The van der Waals surface area contributed by atoms with E-state index < -0.39 is 0 Å². The predicted molar refractivity (Wildman–Crippen MR) is 21.2 cm³/mol. The molecule has 2 N–H and O–H groups in total. The maximum absolute atomic E-state index is 5.23. The minimum Gasteiger partial charge on any atom is -0.324 e. The minimum absolute atomic E-state index is 0.611. The summed E-state index contributed by atoms with van der Waals surface area (Å²) in [5, 5.41) is 0. The zero-order valence-electron chi connectivity index (χ0n) is 2.36. The molecule has 0 spiro atoms. The molecule has 0 radical (unpaired) electrons. The Morgan fingerprint density at radius 3 is 2.25 bits per heavy atom. The molecule has 0 bridgehead atoms. The molecule has 1 aliphatic heterocycles. The summed E-state index contributed by atoms with van der Waals surface area (Å²) < 4.78 is 0. The Morgan fingerprint density at radius 1 is 2.00 bits per heavy atom. The van der Waals surface area contributed by atoms with Crippen molar-refractivity contribution in [2.45, 2.75) is 5.78 Å². The molecule has 1 aliphatic rings. The van der Waals surface area contributed by atoms with Crippen LogP contribution in [-0.2, 0) is 0 Å². The van der Waals surface area contributed by atoms with Gasteiger partial charge in [0.05, 0.1) is 0 Å². The summed E-state index contributed by atoms with van der Waals surface area (Å²) in [7, 11) is 1.08. The first-order valence-corrected chi connectivity index (χ1v) is 2.67. The summed E-state index contributed by atoms with van der Waals surface area (Å²) in [5.74, 6) is 0.611. The maximum Gasteiger partial charge on any atom is 0.0252 e. The Bertz CT molecular complexity index is 25.2. The van der Waals surface area contributed by atoms with Crippen molar-refractivity contribution in [1.29, 1.82) is 0 Å². The number of nitrogens with two attached hydrogens (primary N) is 1. The van der Waals surface area contributed by atoms with Crippen LogP contribution in [-0.4, -0.2) is 11.9 Å². The van der Waals surface area contributed by atoms with Gasteiger partial charge in [0.1, 0.15) is 0 Å². The molecule has 2 heteroatoms. The molecule has 2 atom stereocenters. The van der Waals surface area contributed by atoms with Crippen molar-refractivity contribution in [2.75, 3.05) is 6.16 Å². The van der Waals surface area contributed by atoms with Crippen molar-refractivity contribution >= 4 is 8.58 Å². The number of rotatable bonds is 0. The van der Waals surface area contributed by atoms with Crippen LogP contribution in [0, 0.1) is 0 Å². The molecule has 0 aromatic carbocycles. The van der Waals surface area contributed by atoms with E-state index in [0.29, 0.717) is 5.78 Å². The Morgan fingerprint density at radius 2 is 2.25 bits per heavy atom. The molecule has 24 valence electrons. The second-order valence-electron chi connectivity index (χ2n) is 1.01. The first kappa shape index (κ1) is 2.62. The fourth-order valence-electron chi connectivity index (χ4n) is 0.0680. The lowest BCUT2D eigenvalue weighted by Crippen LogP contribution is -1.94. The monoisotopic (exact) mass is 75.0 g/mol. The molecular weight excluding hydrogens is 69.0 g/mol. The normalized spacial score (nSPS) is 45.8. The van der Waals surface area contributed by atoms with Crippen LogP contribution in [0.25, 0.3) is 0 Å². The molecule has 1 heterocycles. The summed E-state index contributed by atoms with van der Waals surface area (Å²) in [4.78, 5) is 0. The van der Waals surface area contributed by atoms with Gasteiger partial charge in [-0.05, 0) is 6.16 Å². The van der Waals surface area contributed by atoms with Crippen LogP contribution >= 0.6 is 8.58 Å². The molecular formula is C2H6NP. The third kappa shape index (κ3) is 0.402. The van der Waals surface area contributed by atoms with Gasteiger partial charge in [0, 0.05) is 5.78 Å². The SMILES string of the molecule is N[C@H]1CP1. The van der Waals surface area contributed by atoms with E-state index in [1.807, 2.05) is 0 Å². The Kier molecular flexibility index (Phi) is 0.436. The van der Waals surface area contributed by atoms with E-state index >= 15 is 0 Å². The van der Waals surface area contributed by atoms with Crippen LogP contribution in [0.15, 0.2) is 0 Å². The lowest BCUT2D eigenvalue weighted by atomic mass is 10.8. The van der Waals surface area contributed by atoms with Crippen LogP contribution in [0.3, 0.4) is 0 Å². The molecule has 0 aliphatic carbocycles. The molecule has 0 aromatic heterocycles. The second-order valence-corrected chi connectivity index (χ2v) is 2.57. The topological polar surface area (TPSA) is 26.0 Å². The third-order valence-corrected chi connectivity index (χ3v) is 1.32. The van der Waals surface area contributed by atoms with Crippen molar-refractivity contribution in [3.63, 3.8) is 0 Å². The van der Waals surface area contributed by atoms with E-state index in [-0.39, 0.29) is 0 Å². The average molecular weight is 75.1 g/mol. The Balaban J connectivity index is 2.17. The number of hydrogen-bond acceptors (Lipinski definition) is 1. The number of hydrogen-bond donors (Lipinski definition) is 1. The summed E-state index contributed by atoms with van der Waals surface area (Å²) in [6.45, 7) is 0. The van der Waals surface area contributed by atoms with Gasteiger partial charge >= 0.3 is 0 Å². The Labute approximate surface area is 27.4 Å². The molecule has 4 heavy (non-hydrogen) atoms. The second kappa shape index (κ2) is 0.667. The van der Waals surface area contributed by atoms with E-state index in [0.717, 1.165) is 8.58 Å². The molecule has 0 aromatic rings. The van der Waals surface area contributed by atoms with Gasteiger partial charge in [-0.2, -0.15) is 0 Å². The zero-order chi connectivity index (χ0) is 2.99. The first-order valence-electron chi connectivity index (χ1n) is 1.38. The van der Waals surface area contributed by atoms with Crippen molar-refractivity contribution in [3.05, 3.63) is 0 Å². The van der Waals surface area contributed by atoms with E-state index in [9.17, 15) is 0 Å². The highest BCUT2D eigenvalue weighted by molar-refractivity contribution is 7.47. The van der Waals surface area contributed by atoms with E-state index in [2.05, 4.69) is 0 Å². The maximum atomic E-state index is 5.23. The summed E-state index contributed by atoms with van der Waals surface area (Å²) in [6.07, 6.45) is 1.29. The van der Waals surface area contributed by atoms with Crippen molar-refractivity contribution in [1.82, 2.24) is 0 Å². The van der Waals surface area contributed by atoms with Gasteiger partial charge in [0.15, 0.2) is 0 Å². The third-order valence-electron chi connectivity index (χ3n) is 0.440. The van der Waals surface area contributed by atoms with Crippen molar-refractivity contribution in [3.8, 4) is 0 Å². The lowest BCUT2D eigenvalue weighted by Gasteiger charge is -1.57. The quantitative estimate of drug-likeness (QED) is 0.402. The highest BCUT2D eigenvalue weighted by atomic mass is 31.1. The Hall–Kier alpha value is 0.390. The van der Waals surface area contributed by atoms with Gasteiger partial charge in [0.25, 0.3) is 0 Å². The van der Waals surface area contributed by atoms with Crippen LogP contribution in [0.5, 0.6) is 0 Å². The highest BCUT2D eigenvalue weighted by Gasteiger charge is 2.13. The molecule has 1 unspecified atom stereocenters. The van der Waals surface area contributed by atoms with E-state index in [1.165, 1.54) is 6.16 Å². The van der Waals surface area contributed by atoms with Crippen molar-refractivity contribution < 1.29 is 0 Å². The van der Waals surface area contributed by atoms with Crippen LogP contribution < -0.4 is 5.73 Å². The minimum atomic E-state index is 0.611. The van der Waals surface area contributed by atoms with Gasteiger partial charge in [-0.25, -0.2) is 0 Å². The summed E-state index contributed by atoms with van der Waals surface area (Å²) in [6, 6.07) is 0. The molecule has 1 fully saturated rings. The lowest BCUT2D eigenvalue weighted by molar-refractivity contribution is 1.16. The molecule has 1 saturated heterocycles. The molecule has 0 amide bonds. The van der Waals surface area contributed by atoms with Gasteiger partial charge in [-0.1, -0.05) is 0 Å². The van der Waals surface area contributed by atoms with E-state index in [1.54, 1.807) is 0 Å². The van der Waals surface area contributed by atoms with E-state index in [4.69, 9.17) is 5.73 Å². The van der Waals surface area contributed by atoms with Gasteiger partial charge in [-0.3, -0.25) is 0 Å². The highest BCUT2D eigenvalue weighted by Crippen LogP contribution is 2.32. The van der Waals surface area contributed by atoms with Gasteiger partial charge in [-0.15, -0.1) is 8.58 Å². The fraction of sp³-hybridized carbons (Fsp3) is 1.00. The predicted octanol–water partition coefficient (Wildman–Crippen LogP) is -0.0367.